The molecular formula is C62H106N2O7P+. The van der Waals surface area contributed by atoms with Crippen molar-refractivity contribution in [3.05, 3.63) is 122 Å². The van der Waals surface area contributed by atoms with Crippen molar-refractivity contribution in [3.8, 4) is 0 Å². The molecule has 9 nitrogen and oxygen atoms in total. The molecule has 0 spiro atoms. The fraction of sp³-hybridized carbons (Fsp3) is 0.645. The number of ether oxygens (including phenoxy) is 1. The number of allylic oxidation sites excluding steroid dienone is 19. The van der Waals surface area contributed by atoms with E-state index in [1.54, 1.807) is 0 Å². The van der Waals surface area contributed by atoms with Crippen LogP contribution in [0.25, 0.3) is 0 Å². The molecule has 0 aliphatic rings. The Bertz CT molecular complexity index is 1650. The molecule has 3 atom stereocenters. The Kier molecular flexibility index (Phi) is 48.4. The van der Waals surface area contributed by atoms with E-state index in [2.05, 4.69) is 123 Å². The minimum Gasteiger partial charge on any atom is -0.456 e. The van der Waals surface area contributed by atoms with Crippen LogP contribution < -0.4 is 5.32 Å². The van der Waals surface area contributed by atoms with Gasteiger partial charge in [0.05, 0.1) is 33.8 Å². The first-order valence-electron chi connectivity index (χ1n) is 28.4. The summed E-state index contributed by atoms with van der Waals surface area (Å²) in [5, 5.41) is 3.01. The van der Waals surface area contributed by atoms with Gasteiger partial charge in [0.1, 0.15) is 19.3 Å². The zero-order valence-electron chi connectivity index (χ0n) is 46.6. The molecule has 0 fully saturated rings. The Hall–Kier alpha value is -3.59. The van der Waals surface area contributed by atoms with Crippen LogP contribution in [0.1, 0.15) is 207 Å². The molecule has 0 saturated carbocycles. The number of rotatable bonds is 49. The molecule has 0 aromatic heterocycles. The van der Waals surface area contributed by atoms with Crippen LogP contribution in [0.2, 0.25) is 0 Å². The van der Waals surface area contributed by atoms with E-state index in [-0.39, 0.29) is 32.0 Å². The van der Waals surface area contributed by atoms with Crippen LogP contribution in [0.4, 0.5) is 0 Å². The van der Waals surface area contributed by atoms with E-state index in [9.17, 15) is 19.0 Å². The lowest BCUT2D eigenvalue weighted by Gasteiger charge is -2.27. The Labute approximate surface area is 442 Å². The van der Waals surface area contributed by atoms with E-state index in [0.717, 1.165) is 103 Å². The van der Waals surface area contributed by atoms with Crippen LogP contribution in [-0.4, -0.2) is 74.3 Å². The molecule has 10 heteroatoms. The maximum absolute atomic E-state index is 13.5. The number of phosphoric acid groups is 1. The first-order valence-corrected chi connectivity index (χ1v) is 29.9. The SMILES string of the molecule is CC/C=C\C/C=C\C/C=C\C/C=C\C/C=C\C/C=C\CCC(=O)OC(/C=C/CCCCCCCCCCCCC)C(COP(=O)(O)OCC[N+](C)(C)C)NC(=O)CCCCCC/C=C/C/C=C/C/C=C/CC. The molecule has 0 radical (unpaired) electrons. The third-order valence-electron chi connectivity index (χ3n) is 11.7. The van der Waals surface area contributed by atoms with Crippen LogP contribution >= 0.6 is 7.82 Å². The van der Waals surface area contributed by atoms with E-state index in [4.69, 9.17) is 13.8 Å². The van der Waals surface area contributed by atoms with Gasteiger partial charge in [0.25, 0.3) is 0 Å². The number of amides is 1. The Morgan fingerprint density at radius 1 is 0.500 bits per heavy atom. The van der Waals surface area contributed by atoms with E-state index in [1.807, 2.05) is 45.4 Å². The average molecular weight is 1020 g/mol. The van der Waals surface area contributed by atoms with Gasteiger partial charge in [-0.1, -0.05) is 213 Å². The normalized spacial score (nSPS) is 14.7. The first-order chi connectivity index (χ1) is 34.9. The van der Waals surface area contributed by atoms with Crippen molar-refractivity contribution in [1.82, 2.24) is 5.32 Å². The number of nitrogens with zero attached hydrogens (tertiary/aromatic N) is 1. The second-order valence-electron chi connectivity index (χ2n) is 19.7. The number of carbonyl (C=O) groups excluding carboxylic acids is 2. The molecule has 0 aromatic carbocycles. The van der Waals surface area contributed by atoms with E-state index < -0.39 is 25.9 Å². The van der Waals surface area contributed by atoms with Gasteiger partial charge in [-0.25, -0.2) is 4.57 Å². The highest BCUT2D eigenvalue weighted by Crippen LogP contribution is 2.43. The second kappa shape index (κ2) is 50.9. The highest BCUT2D eigenvalue weighted by atomic mass is 31.2. The number of nitrogens with one attached hydrogen (secondary N) is 1. The van der Waals surface area contributed by atoms with Crippen LogP contribution in [0, 0.1) is 0 Å². The third kappa shape index (κ3) is 51.3. The lowest BCUT2D eigenvalue weighted by Crippen LogP contribution is -2.47. The molecule has 1 amide bonds. The summed E-state index contributed by atoms with van der Waals surface area (Å²) in [6.45, 7) is 6.69. The van der Waals surface area contributed by atoms with Gasteiger partial charge in [0.2, 0.25) is 5.91 Å². The summed E-state index contributed by atoms with van der Waals surface area (Å²) < 4.78 is 30.5. The van der Waals surface area contributed by atoms with Gasteiger partial charge in [-0.05, 0) is 102 Å². The van der Waals surface area contributed by atoms with Gasteiger partial charge in [0, 0.05) is 12.8 Å². The minimum absolute atomic E-state index is 0.0178. The number of esters is 1. The second-order valence-corrected chi connectivity index (χ2v) is 21.1. The van der Waals surface area contributed by atoms with Crippen molar-refractivity contribution in [2.24, 2.45) is 0 Å². The number of quaternary nitrogens is 1. The van der Waals surface area contributed by atoms with E-state index in [1.165, 1.54) is 57.8 Å². The third-order valence-corrected chi connectivity index (χ3v) is 12.6. The van der Waals surface area contributed by atoms with Crippen LogP contribution in [0.3, 0.4) is 0 Å². The zero-order chi connectivity index (χ0) is 52.9. The smallest absolute Gasteiger partial charge is 0.456 e. The van der Waals surface area contributed by atoms with Crippen LogP contribution in [0.15, 0.2) is 122 Å². The Morgan fingerprint density at radius 2 is 0.903 bits per heavy atom. The van der Waals surface area contributed by atoms with Crippen LogP contribution in [-0.2, 0) is 27.9 Å². The highest BCUT2D eigenvalue weighted by molar-refractivity contribution is 7.47. The summed E-state index contributed by atoms with van der Waals surface area (Å²) in [5.74, 6) is -0.640. The van der Waals surface area contributed by atoms with Gasteiger partial charge >= 0.3 is 13.8 Å². The van der Waals surface area contributed by atoms with Gasteiger partial charge < -0.3 is 19.4 Å². The largest absolute Gasteiger partial charge is 0.472 e. The lowest BCUT2D eigenvalue weighted by molar-refractivity contribution is -0.870. The molecule has 0 bridgehead atoms. The van der Waals surface area contributed by atoms with Crippen molar-refractivity contribution in [1.29, 1.82) is 0 Å². The Morgan fingerprint density at radius 3 is 1.36 bits per heavy atom. The van der Waals surface area contributed by atoms with Crippen molar-refractivity contribution >= 4 is 19.7 Å². The number of hydrogen-bond acceptors (Lipinski definition) is 6. The van der Waals surface area contributed by atoms with Gasteiger partial charge in [0.15, 0.2) is 0 Å². The first kappa shape index (κ1) is 68.4. The monoisotopic (exact) mass is 1020 g/mol. The fourth-order valence-electron chi connectivity index (χ4n) is 7.33. The standard InChI is InChI=1S/C62H105N2O7P/c1-7-10-13-16-19-22-25-28-30-31-32-33-34-37-40-43-46-49-52-55-62(66)71-60(53-50-47-44-41-38-35-27-24-21-18-15-12-9-3)59(58-70-72(67,68)69-57-56-64(4,5)6)63-61(65)54-51-48-45-42-39-36-29-26-23-20-17-14-11-8-2/h10-11,13-14,19-20,22-23,28-30,32-33,36-37,40,46,49-50,53,59-60H,7-9,12,15-18,21,24-27,31,34-35,38-39,41-45,47-48,51-52,54-58H2,1-6H3,(H-,63,65,67,68)/p+1/b13-10-,14-11+,22-19-,23-20+,30-28-,33-32-,36-29+,40-37-,49-46-,53-50+. The Balaban J connectivity index is 5.54. The highest BCUT2D eigenvalue weighted by Gasteiger charge is 2.30. The molecule has 0 rings (SSSR count). The molecule has 72 heavy (non-hydrogen) atoms. The summed E-state index contributed by atoms with van der Waals surface area (Å²) in [4.78, 5) is 37.5. The average Bonchev–Trinajstić information content (AvgIpc) is 3.34. The summed E-state index contributed by atoms with van der Waals surface area (Å²) >= 11 is 0. The maximum Gasteiger partial charge on any atom is 0.472 e. The number of phosphoric ester groups is 1. The molecule has 2 N–H and O–H groups in total. The number of likely N-dealkylation sites (N-methyl/N-ethyl adjacent to an activating group) is 1. The predicted molar refractivity (Wildman–Crippen MR) is 309 cm³/mol. The summed E-state index contributed by atoms with van der Waals surface area (Å²) in [6.07, 6.45) is 70.7. The van der Waals surface area contributed by atoms with Crippen molar-refractivity contribution < 1.29 is 37.3 Å². The van der Waals surface area contributed by atoms with Crippen molar-refractivity contribution in [2.45, 2.75) is 219 Å². The topological polar surface area (TPSA) is 111 Å². The number of hydrogen-bond donors (Lipinski definition) is 2. The van der Waals surface area contributed by atoms with E-state index in [0.29, 0.717) is 23.9 Å². The summed E-state index contributed by atoms with van der Waals surface area (Å²) in [5.41, 5.74) is 0. The molecular weight excluding hydrogens is 916 g/mol. The predicted octanol–water partition coefficient (Wildman–Crippen LogP) is 17.2. The quantitative estimate of drug-likeness (QED) is 0.0205. The molecule has 410 valence electrons. The number of carbonyl (C=O) groups is 2. The van der Waals surface area contributed by atoms with Crippen LogP contribution in [0.5, 0.6) is 0 Å². The molecule has 0 aromatic rings. The van der Waals surface area contributed by atoms with Crippen molar-refractivity contribution in [2.75, 3.05) is 40.9 Å². The minimum atomic E-state index is -4.47. The lowest BCUT2D eigenvalue weighted by atomic mass is 10.0. The molecule has 0 aliphatic carbocycles. The molecule has 3 unspecified atom stereocenters. The summed E-state index contributed by atoms with van der Waals surface area (Å²) in [6, 6.07) is -0.898. The molecule has 0 aliphatic heterocycles. The van der Waals surface area contributed by atoms with Crippen molar-refractivity contribution in [3.63, 3.8) is 0 Å². The van der Waals surface area contributed by atoms with Gasteiger partial charge in [-0.15, -0.1) is 0 Å². The van der Waals surface area contributed by atoms with Gasteiger partial charge in [-0.2, -0.15) is 0 Å². The molecule has 0 saturated heterocycles. The molecule has 0 heterocycles. The maximum atomic E-state index is 13.5. The number of unbranched alkanes of at least 4 members (excludes halogenated alkanes) is 15. The fourth-order valence-corrected chi connectivity index (χ4v) is 8.07. The van der Waals surface area contributed by atoms with E-state index >= 15 is 0 Å². The van der Waals surface area contributed by atoms with Gasteiger partial charge in [-0.3, -0.25) is 18.6 Å². The summed E-state index contributed by atoms with van der Waals surface area (Å²) in [7, 11) is 1.42. The zero-order valence-corrected chi connectivity index (χ0v) is 47.5.